The van der Waals surface area contributed by atoms with Crippen LogP contribution >= 0.6 is 0 Å². The molecule has 5 heteroatoms. The molecule has 2 aliphatic carbocycles. The van der Waals surface area contributed by atoms with Crippen molar-refractivity contribution in [1.29, 1.82) is 0 Å². The minimum absolute atomic E-state index is 0.0419. The first-order valence-electron chi connectivity index (χ1n) is 8.58. The van der Waals surface area contributed by atoms with E-state index in [1.165, 1.54) is 0 Å². The maximum atomic E-state index is 13.2. The van der Waals surface area contributed by atoms with Gasteiger partial charge in [0.1, 0.15) is 0 Å². The molecule has 122 valence electrons. The van der Waals surface area contributed by atoms with E-state index in [9.17, 15) is 4.79 Å². The number of amides is 1. The first-order valence-corrected chi connectivity index (χ1v) is 8.58. The first-order chi connectivity index (χ1) is 11.2. The van der Waals surface area contributed by atoms with Crippen LogP contribution in [0.1, 0.15) is 38.7 Å². The second-order valence-electron chi connectivity index (χ2n) is 6.66. The Morgan fingerprint density at radius 1 is 1.35 bits per heavy atom. The van der Waals surface area contributed by atoms with Gasteiger partial charge in [0, 0.05) is 24.0 Å². The number of rotatable bonds is 7. The summed E-state index contributed by atoms with van der Waals surface area (Å²) in [4.78, 5) is 18.2. The molecule has 0 saturated heterocycles. The number of hydrogen-bond donors (Lipinski definition) is 0. The third kappa shape index (κ3) is 2.70. The van der Waals surface area contributed by atoms with Gasteiger partial charge in [-0.1, -0.05) is 35.4 Å². The van der Waals surface area contributed by atoms with E-state index in [0.717, 1.165) is 24.8 Å². The summed E-state index contributed by atoms with van der Waals surface area (Å²) >= 11 is 0. The molecule has 2 fully saturated rings. The summed E-state index contributed by atoms with van der Waals surface area (Å²) in [7, 11) is 0. The molecule has 1 aromatic carbocycles. The maximum absolute atomic E-state index is 13.2. The molecule has 0 unspecified atom stereocenters. The van der Waals surface area contributed by atoms with Crippen molar-refractivity contribution in [3.63, 3.8) is 0 Å². The van der Waals surface area contributed by atoms with Crippen LogP contribution in [0.15, 0.2) is 35.4 Å². The lowest BCUT2D eigenvalue weighted by Gasteiger charge is -2.27. The summed E-state index contributed by atoms with van der Waals surface area (Å²) in [5.74, 6) is 0.796. The molecule has 23 heavy (non-hydrogen) atoms. The lowest BCUT2D eigenvalue weighted by Crippen LogP contribution is -2.41. The van der Waals surface area contributed by atoms with E-state index in [0.29, 0.717) is 19.0 Å². The van der Waals surface area contributed by atoms with Gasteiger partial charge in [0.25, 0.3) is 0 Å². The Bertz CT molecular complexity index is 617. The maximum Gasteiger partial charge on any atom is 0.233 e. The average Bonchev–Trinajstić information content (AvgIpc) is 3.48. The second kappa shape index (κ2) is 6.25. The molecule has 5 nitrogen and oxygen atoms in total. The molecule has 3 atom stereocenters. The fraction of sp³-hybridized carbons (Fsp3) is 0.611. The summed E-state index contributed by atoms with van der Waals surface area (Å²) < 4.78 is 0. The molecule has 1 aromatic rings. The number of nitrogens with zero attached hydrogens (tertiary/aromatic N) is 4. The van der Waals surface area contributed by atoms with Gasteiger partial charge in [-0.3, -0.25) is 4.79 Å². The van der Waals surface area contributed by atoms with Crippen LogP contribution in [0.25, 0.3) is 10.4 Å². The minimum atomic E-state index is -0.491. The normalized spacial score (nSPS) is 27.0. The van der Waals surface area contributed by atoms with Gasteiger partial charge in [0.15, 0.2) is 0 Å². The van der Waals surface area contributed by atoms with E-state index < -0.39 is 5.41 Å². The largest absolute Gasteiger partial charge is 0.342 e. The molecular weight excluding hydrogens is 288 g/mol. The predicted octanol–water partition coefficient (Wildman–Crippen LogP) is 3.90. The quantitative estimate of drug-likeness (QED) is 0.427. The van der Waals surface area contributed by atoms with Crippen molar-refractivity contribution in [2.24, 2.45) is 17.0 Å². The van der Waals surface area contributed by atoms with E-state index in [1.54, 1.807) is 0 Å². The highest BCUT2D eigenvalue weighted by Gasteiger charge is 2.65. The zero-order valence-electron chi connectivity index (χ0n) is 13.9. The van der Waals surface area contributed by atoms with Crippen LogP contribution in [0.3, 0.4) is 0 Å². The Hall–Kier alpha value is -2.00. The SMILES string of the molecule is CCN(CC)C(=O)[C@@]1(c2ccccc2)C[C@H]1[C@H](N=[N+]=[N-])C1CC1. The smallest absolute Gasteiger partial charge is 0.233 e. The first kappa shape index (κ1) is 15.9. The van der Waals surface area contributed by atoms with Gasteiger partial charge in [-0.05, 0) is 56.0 Å². The molecular formula is C18H24N4O. The fourth-order valence-corrected chi connectivity index (χ4v) is 3.93. The van der Waals surface area contributed by atoms with Crippen molar-refractivity contribution in [2.75, 3.05) is 13.1 Å². The molecule has 0 bridgehead atoms. The Balaban J connectivity index is 1.97. The van der Waals surface area contributed by atoms with Crippen LogP contribution in [0.4, 0.5) is 0 Å². The van der Waals surface area contributed by atoms with Crippen LogP contribution < -0.4 is 0 Å². The third-order valence-electron chi connectivity index (χ3n) is 5.44. The predicted molar refractivity (Wildman–Crippen MR) is 89.8 cm³/mol. The number of benzene rings is 1. The van der Waals surface area contributed by atoms with Gasteiger partial charge in [-0.2, -0.15) is 0 Å². The highest BCUT2D eigenvalue weighted by Crippen LogP contribution is 2.61. The lowest BCUT2D eigenvalue weighted by molar-refractivity contribution is -0.134. The van der Waals surface area contributed by atoms with Crippen LogP contribution in [0, 0.1) is 11.8 Å². The molecule has 1 amide bonds. The standard InChI is InChI=1S/C18H24N4O/c1-3-22(4-2)17(23)18(14-8-6-5-7-9-14)12-15(18)16(20-21-19)13-10-11-13/h5-9,13,15-16H,3-4,10-12H2,1-2H3/t15-,16+,18+/m0/s1. The Kier molecular flexibility index (Phi) is 4.31. The van der Waals surface area contributed by atoms with Gasteiger partial charge >= 0.3 is 0 Å². The van der Waals surface area contributed by atoms with E-state index in [1.807, 2.05) is 49.1 Å². The van der Waals surface area contributed by atoms with Crippen molar-refractivity contribution >= 4 is 5.91 Å². The van der Waals surface area contributed by atoms with Crippen molar-refractivity contribution in [1.82, 2.24) is 4.90 Å². The lowest BCUT2D eigenvalue weighted by atomic mass is 9.88. The van der Waals surface area contributed by atoms with E-state index in [2.05, 4.69) is 10.0 Å². The molecule has 2 saturated carbocycles. The summed E-state index contributed by atoms with van der Waals surface area (Å²) in [6.07, 6.45) is 3.03. The Morgan fingerprint density at radius 3 is 2.52 bits per heavy atom. The molecule has 2 aliphatic rings. The Morgan fingerprint density at radius 2 is 2.00 bits per heavy atom. The number of azide groups is 1. The fourth-order valence-electron chi connectivity index (χ4n) is 3.93. The highest BCUT2D eigenvalue weighted by molar-refractivity contribution is 5.92. The van der Waals surface area contributed by atoms with Crippen LogP contribution in [0.5, 0.6) is 0 Å². The molecule has 0 aliphatic heterocycles. The summed E-state index contributed by atoms with van der Waals surface area (Å²) in [5.41, 5.74) is 9.51. The van der Waals surface area contributed by atoms with Crippen molar-refractivity contribution in [3.05, 3.63) is 46.3 Å². The van der Waals surface area contributed by atoms with Gasteiger partial charge < -0.3 is 4.90 Å². The third-order valence-corrected chi connectivity index (χ3v) is 5.44. The van der Waals surface area contributed by atoms with Gasteiger partial charge in [0.2, 0.25) is 5.91 Å². The van der Waals surface area contributed by atoms with Crippen molar-refractivity contribution in [2.45, 2.75) is 44.6 Å². The summed E-state index contributed by atoms with van der Waals surface area (Å²) in [6, 6.07) is 9.99. The average molecular weight is 312 g/mol. The van der Waals surface area contributed by atoms with Crippen LogP contribution in [0.2, 0.25) is 0 Å². The molecule has 3 rings (SSSR count). The van der Waals surface area contributed by atoms with Gasteiger partial charge in [0.05, 0.1) is 5.41 Å². The number of carbonyl (C=O) groups excluding carboxylic acids is 1. The molecule has 0 N–H and O–H groups in total. The number of hydrogen-bond acceptors (Lipinski definition) is 2. The summed E-state index contributed by atoms with van der Waals surface area (Å²) in [6.45, 7) is 5.46. The second-order valence-corrected chi connectivity index (χ2v) is 6.66. The minimum Gasteiger partial charge on any atom is -0.342 e. The summed E-state index contributed by atoms with van der Waals surface area (Å²) in [5, 5.41) is 4.07. The zero-order chi connectivity index (χ0) is 16.4. The van der Waals surface area contributed by atoms with Crippen molar-refractivity contribution < 1.29 is 4.79 Å². The number of carbonyl (C=O) groups is 1. The highest BCUT2D eigenvalue weighted by atomic mass is 16.2. The number of likely N-dealkylation sites (N-methyl/N-ethyl adjacent to an activating group) is 1. The van der Waals surface area contributed by atoms with Gasteiger partial charge in [-0.15, -0.1) is 0 Å². The van der Waals surface area contributed by atoms with Crippen LogP contribution in [-0.2, 0) is 10.2 Å². The van der Waals surface area contributed by atoms with Crippen molar-refractivity contribution in [3.8, 4) is 0 Å². The van der Waals surface area contributed by atoms with E-state index >= 15 is 0 Å². The van der Waals surface area contributed by atoms with Crippen LogP contribution in [-0.4, -0.2) is 29.9 Å². The van der Waals surface area contributed by atoms with E-state index in [4.69, 9.17) is 5.53 Å². The molecule has 0 aromatic heterocycles. The molecule has 0 heterocycles. The zero-order valence-corrected chi connectivity index (χ0v) is 13.9. The van der Waals surface area contributed by atoms with E-state index in [-0.39, 0.29) is 17.9 Å². The molecule has 0 spiro atoms. The topological polar surface area (TPSA) is 69.1 Å². The molecule has 0 radical (unpaired) electrons. The monoisotopic (exact) mass is 312 g/mol. The Labute approximate surface area is 137 Å². The van der Waals surface area contributed by atoms with Gasteiger partial charge in [-0.25, -0.2) is 0 Å².